The molecule has 0 bridgehead atoms. The highest BCUT2D eigenvalue weighted by Crippen LogP contribution is 2.27. The third-order valence-electron chi connectivity index (χ3n) is 2.45. The van der Waals surface area contributed by atoms with Crippen LogP contribution < -0.4 is 9.04 Å². The number of thiophene rings is 1. The summed E-state index contributed by atoms with van der Waals surface area (Å²) in [7, 11) is -2.23. The van der Waals surface area contributed by atoms with Gasteiger partial charge in [-0.2, -0.15) is 0 Å². The molecular weight excluding hydrogens is 322 g/mol. The maximum Gasteiger partial charge on any atom is 0.316 e. The van der Waals surface area contributed by atoms with Crippen LogP contribution in [-0.4, -0.2) is 32.0 Å². The Labute approximate surface area is 126 Å². The van der Waals surface area contributed by atoms with Crippen molar-refractivity contribution in [3.05, 3.63) is 28.2 Å². The normalized spacial score (nSPS) is 11.3. The van der Waals surface area contributed by atoms with Gasteiger partial charge in [0.25, 0.3) is 10.0 Å². The van der Waals surface area contributed by atoms with Crippen LogP contribution >= 0.6 is 22.9 Å². The summed E-state index contributed by atoms with van der Waals surface area (Å²) in [6.07, 6.45) is 2.78. The molecule has 6 nitrogen and oxygen atoms in total. The Kier molecular flexibility index (Phi) is 4.46. The second-order valence-corrected chi connectivity index (χ2v) is 7.23. The molecule has 0 aliphatic rings. The Balaban J connectivity index is 2.28. The summed E-state index contributed by atoms with van der Waals surface area (Å²) in [4.78, 5) is 8.02. The van der Waals surface area contributed by atoms with E-state index in [1.807, 2.05) is 6.92 Å². The number of aromatic nitrogens is 2. The fourth-order valence-corrected chi connectivity index (χ4v) is 3.87. The van der Waals surface area contributed by atoms with Crippen molar-refractivity contribution in [2.24, 2.45) is 0 Å². The Morgan fingerprint density at radius 1 is 1.40 bits per heavy atom. The van der Waals surface area contributed by atoms with E-state index in [-0.39, 0.29) is 10.9 Å². The van der Waals surface area contributed by atoms with Gasteiger partial charge in [-0.3, -0.25) is 4.31 Å². The van der Waals surface area contributed by atoms with Gasteiger partial charge in [-0.15, -0.1) is 11.3 Å². The fraction of sp³-hybridized carbons (Fsp3) is 0.273. The van der Waals surface area contributed by atoms with E-state index in [4.69, 9.17) is 16.3 Å². The summed E-state index contributed by atoms with van der Waals surface area (Å²) in [5.74, 6) is 0. The molecule has 20 heavy (non-hydrogen) atoms. The lowest BCUT2D eigenvalue weighted by molar-refractivity contribution is 0.312. The van der Waals surface area contributed by atoms with Crippen LogP contribution in [0.2, 0.25) is 4.34 Å². The largest absolute Gasteiger partial charge is 0.464 e. The molecule has 0 amide bonds. The van der Waals surface area contributed by atoms with Gasteiger partial charge in [0, 0.05) is 12.4 Å². The molecule has 2 aromatic heterocycles. The first-order valence-corrected chi connectivity index (χ1v) is 8.32. The lowest BCUT2D eigenvalue weighted by Crippen LogP contribution is -2.26. The smallest absolute Gasteiger partial charge is 0.316 e. The second kappa shape index (κ2) is 5.94. The number of sulfonamides is 1. The van der Waals surface area contributed by atoms with Gasteiger partial charge in [-0.05, 0) is 13.0 Å². The number of anilines is 1. The molecule has 108 valence electrons. The topological polar surface area (TPSA) is 72.4 Å². The summed E-state index contributed by atoms with van der Waals surface area (Å²) in [6.45, 7) is 2.26. The highest BCUT2D eigenvalue weighted by Gasteiger charge is 2.23. The lowest BCUT2D eigenvalue weighted by atomic mass is 10.5. The maximum absolute atomic E-state index is 12.3. The Morgan fingerprint density at radius 3 is 2.55 bits per heavy atom. The number of hydrogen-bond donors (Lipinski definition) is 0. The summed E-state index contributed by atoms with van der Waals surface area (Å²) < 4.78 is 31.3. The molecule has 0 unspecified atom stereocenters. The van der Waals surface area contributed by atoms with Crippen molar-refractivity contribution in [1.29, 1.82) is 0 Å². The SMILES string of the molecule is CCOc1ncc(N(C)S(=O)(=O)c2csc(Cl)c2)cn1. The number of rotatable bonds is 5. The molecule has 0 aliphatic heterocycles. The Bertz CT molecular complexity index is 685. The first kappa shape index (κ1) is 15.0. The van der Waals surface area contributed by atoms with Crippen LogP contribution in [0.5, 0.6) is 6.01 Å². The highest BCUT2D eigenvalue weighted by molar-refractivity contribution is 7.93. The lowest BCUT2D eigenvalue weighted by Gasteiger charge is -2.17. The van der Waals surface area contributed by atoms with Crippen LogP contribution in [-0.2, 0) is 10.0 Å². The van der Waals surface area contributed by atoms with Crippen molar-refractivity contribution >= 4 is 38.6 Å². The molecule has 0 saturated heterocycles. The zero-order valence-electron chi connectivity index (χ0n) is 10.8. The van der Waals surface area contributed by atoms with Gasteiger partial charge in [0.15, 0.2) is 0 Å². The van der Waals surface area contributed by atoms with Crippen molar-refractivity contribution in [1.82, 2.24) is 9.97 Å². The molecular formula is C11H12ClN3O3S2. The number of hydrogen-bond acceptors (Lipinski definition) is 6. The minimum atomic E-state index is -3.66. The molecule has 2 rings (SSSR count). The molecule has 0 aromatic carbocycles. The molecule has 2 heterocycles. The van der Waals surface area contributed by atoms with E-state index in [2.05, 4.69) is 9.97 Å². The Hall–Kier alpha value is -1.38. The highest BCUT2D eigenvalue weighted by atomic mass is 35.5. The molecule has 0 fully saturated rings. The van der Waals surface area contributed by atoms with E-state index < -0.39 is 10.0 Å². The van der Waals surface area contributed by atoms with Gasteiger partial charge >= 0.3 is 6.01 Å². The summed E-state index contributed by atoms with van der Waals surface area (Å²) >= 11 is 6.93. The van der Waals surface area contributed by atoms with Crippen molar-refractivity contribution in [2.45, 2.75) is 11.8 Å². The van der Waals surface area contributed by atoms with Crippen LogP contribution in [0.15, 0.2) is 28.7 Å². The van der Waals surface area contributed by atoms with Crippen molar-refractivity contribution in [2.75, 3.05) is 18.0 Å². The summed E-state index contributed by atoms with van der Waals surface area (Å²) in [5.41, 5.74) is 0.343. The molecule has 0 atom stereocenters. The van der Waals surface area contributed by atoms with Crippen molar-refractivity contribution in [3.63, 3.8) is 0 Å². The predicted octanol–water partition coefficient (Wildman–Crippen LogP) is 2.42. The monoisotopic (exact) mass is 333 g/mol. The van der Waals surface area contributed by atoms with E-state index in [0.717, 1.165) is 15.6 Å². The van der Waals surface area contributed by atoms with Gasteiger partial charge in [-0.1, -0.05) is 11.6 Å². The molecule has 9 heteroatoms. The van der Waals surface area contributed by atoms with Crippen LogP contribution in [0.25, 0.3) is 0 Å². The zero-order chi connectivity index (χ0) is 14.8. The average molecular weight is 334 g/mol. The molecule has 2 aromatic rings. The first-order chi connectivity index (χ1) is 9.45. The maximum atomic E-state index is 12.3. The molecule has 0 aliphatic carbocycles. The van der Waals surface area contributed by atoms with Crippen LogP contribution in [0.4, 0.5) is 5.69 Å². The van der Waals surface area contributed by atoms with Gasteiger partial charge in [0.05, 0.1) is 33.9 Å². The summed E-state index contributed by atoms with van der Waals surface area (Å²) in [5, 5.41) is 1.49. The predicted molar refractivity (Wildman–Crippen MR) is 78.1 cm³/mol. The average Bonchev–Trinajstić information content (AvgIpc) is 2.86. The zero-order valence-corrected chi connectivity index (χ0v) is 13.2. The second-order valence-electron chi connectivity index (χ2n) is 3.72. The van der Waals surface area contributed by atoms with E-state index in [1.54, 1.807) is 0 Å². The minimum Gasteiger partial charge on any atom is -0.464 e. The van der Waals surface area contributed by atoms with E-state index in [0.29, 0.717) is 16.6 Å². The van der Waals surface area contributed by atoms with Gasteiger partial charge in [0.2, 0.25) is 0 Å². The minimum absolute atomic E-state index is 0.142. The fourth-order valence-electron chi connectivity index (χ4n) is 1.40. The summed E-state index contributed by atoms with van der Waals surface area (Å²) in [6, 6.07) is 1.62. The van der Waals surface area contributed by atoms with Crippen LogP contribution in [0, 0.1) is 0 Å². The Morgan fingerprint density at radius 2 is 2.05 bits per heavy atom. The third-order valence-corrected chi connectivity index (χ3v) is 5.46. The quantitative estimate of drug-likeness (QED) is 0.840. The number of ether oxygens (including phenoxy) is 1. The van der Waals surface area contributed by atoms with Gasteiger partial charge in [0.1, 0.15) is 0 Å². The van der Waals surface area contributed by atoms with E-state index in [1.165, 1.54) is 30.9 Å². The molecule has 0 spiro atoms. The number of halogens is 1. The standard InChI is InChI=1S/C11H12ClN3O3S2/c1-3-18-11-13-5-8(6-14-11)15(2)20(16,17)9-4-10(12)19-7-9/h4-7H,3H2,1-2H3. The molecule has 0 saturated carbocycles. The number of nitrogens with zero attached hydrogens (tertiary/aromatic N) is 3. The van der Waals surface area contributed by atoms with Crippen LogP contribution in [0.3, 0.4) is 0 Å². The van der Waals surface area contributed by atoms with E-state index >= 15 is 0 Å². The van der Waals surface area contributed by atoms with Crippen LogP contribution in [0.1, 0.15) is 6.92 Å². The first-order valence-electron chi connectivity index (χ1n) is 5.63. The van der Waals surface area contributed by atoms with Crippen molar-refractivity contribution in [3.8, 4) is 6.01 Å². The van der Waals surface area contributed by atoms with E-state index in [9.17, 15) is 8.42 Å². The third kappa shape index (κ3) is 3.02. The van der Waals surface area contributed by atoms with Crippen molar-refractivity contribution < 1.29 is 13.2 Å². The molecule has 0 N–H and O–H groups in total. The van der Waals surface area contributed by atoms with Gasteiger partial charge < -0.3 is 4.74 Å². The molecule has 0 radical (unpaired) electrons. The van der Waals surface area contributed by atoms with Gasteiger partial charge in [-0.25, -0.2) is 18.4 Å².